The summed E-state index contributed by atoms with van der Waals surface area (Å²) in [5, 5.41) is 0. The Morgan fingerprint density at radius 2 is 1.59 bits per heavy atom. The van der Waals surface area contributed by atoms with Gasteiger partial charge in [0, 0.05) is 5.92 Å². The second-order valence-corrected chi connectivity index (χ2v) is 5.19. The molecule has 0 aliphatic rings. The first-order valence-electron chi connectivity index (χ1n) is 7.92. The number of benzene rings is 2. The Labute approximate surface area is 133 Å². The van der Waals surface area contributed by atoms with Crippen LogP contribution < -0.4 is 15.2 Å². The van der Waals surface area contributed by atoms with Gasteiger partial charge < -0.3 is 15.2 Å². The van der Waals surface area contributed by atoms with Crippen molar-refractivity contribution in [1.29, 1.82) is 0 Å². The minimum atomic E-state index is 0.275. The number of hydrogen-bond donors (Lipinski definition) is 1. The maximum Gasteiger partial charge on any atom is 0.161 e. The zero-order chi connectivity index (χ0) is 15.8. The Kier molecular flexibility index (Phi) is 6.28. The average Bonchev–Trinajstić information content (AvgIpc) is 2.56. The monoisotopic (exact) mass is 299 g/mol. The highest BCUT2D eigenvalue weighted by atomic mass is 16.5. The van der Waals surface area contributed by atoms with E-state index in [-0.39, 0.29) is 5.92 Å². The third kappa shape index (κ3) is 4.25. The summed E-state index contributed by atoms with van der Waals surface area (Å²) in [6, 6.07) is 16.6. The third-order valence-electron chi connectivity index (χ3n) is 3.65. The average molecular weight is 299 g/mol. The summed E-state index contributed by atoms with van der Waals surface area (Å²) in [5.74, 6) is 1.87. The van der Waals surface area contributed by atoms with Gasteiger partial charge in [0.15, 0.2) is 11.5 Å². The van der Waals surface area contributed by atoms with Crippen LogP contribution in [0, 0.1) is 0 Å². The summed E-state index contributed by atoms with van der Waals surface area (Å²) in [4.78, 5) is 0. The van der Waals surface area contributed by atoms with Gasteiger partial charge in [0.05, 0.1) is 13.2 Å². The van der Waals surface area contributed by atoms with Gasteiger partial charge in [-0.25, -0.2) is 0 Å². The van der Waals surface area contributed by atoms with Crippen molar-refractivity contribution >= 4 is 0 Å². The standard InChI is InChI=1S/C19H25NO2/c1-3-21-18-11-10-16(13-19(18)22-4-2)17(14-20)12-15-8-6-5-7-9-15/h5-11,13,17H,3-4,12,14,20H2,1-2H3. The van der Waals surface area contributed by atoms with Gasteiger partial charge in [-0.2, -0.15) is 0 Å². The summed E-state index contributed by atoms with van der Waals surface area (Å²) in [6.07, 6.45) is 0.927. The molecule has 0 heterocycles. The van der Waals surface area contributed by atoms with E-state index in [0.717, 1.165) is 17.9 Å². The van der Waals surface area contributed by atoms with Gasteiger partial charge in [-0.15, -0.1) is 0 Å². The molecule has 0 bridgehead atoms. The summed E-state index contributed by atoms with van der Waals surface area (Å²) in [7, 11) is 0. The second kappa shape index (κ2) is 8.44. The molecule has 0 aliphatic heterocycles. The fourth-order valence-corrected chi connectivity index (χ4v) is 2.56. The summed E-state index contributed by atoms with van der Waals surface area (Å²) < 4.78 is 11.3. The Hall–Kier alpha value is -2.00. The Morgan fingerprint density at radius 1 is 0.909 bits per heavy atom. The van der Waals surface area contributed by atoms with E-state index in [0.29, 0.717) is 19.8 Å². The van der Waals surface area contributed by atoms with E-state index in [1.54, 1.807) is 0 Å². The van der Waals surface area contributed by atoms with E-state index in [1.165, 1.54) is 11.1 Å². The van der Waals surface area contributed by atoms with Crippen LogP contribution in [0.5, 0.6) is 11.5 Å². The van der Waals surface area contributed by atoms with Crippen LogP contribution in [-0.2, 0) is 6.42 Å². The van der Waals surface area contributed by atoms with Crippen molar-refractivity contribution in [2.24, 2.45) is 5.73 Å². The number of nitrogens with two attached hydrogens (primary N) is 1. The lowest BCUT2D eigenvalue weighted by Gasteiger charge is -2.18. The highest BCUT2D eigenvalue weighted by Crippen LogP contribution is 2.32. The molecule has 3 nitrogen and oxygen atoms in total. The molecule has 22 heavy (non-hydrogen) atoms. The van der Waals surface area contributed by atoms with Gasteiger partial charge in [0.25, 0.3) is 0 Å². The van der Waals surface area contributed by atoms with Crippen molar-refractivity contribution < 1.29 is 9.47 Å². The van der Waals surface area contributed by atoms with Crippen molar-refractivity contribution in [3.05, 3.63) is 59.7 Å². The fraction of sp³-hybridized carbons (Fsp3) is 0.368. The first-order chi connectivity index (χ1) is 10.8. The van der Waals surface area contributed by atoms with Crippen LogP contribution >= 0.6 is 0 Å². The minimum absolute atomic E-state index is 0.275. The van der Waals surface area contributed by atoms with Gasteiger partial charge in [-0.05, 0) is 50.1 Å². The second-order valence-electron chi connectivity index (χ2n) is 5.19. The summed E-state index contributed by atoms with van der Waals surface area (Å²) >= 11 is 0. The molecule has 0 saturated carbocycles. The molecule has 0 radical (unpaired) electrons. The van der Waals surface area contributed by atoms with Gasteiger partial charge in [-0.1, -0.05) is 36.4 Å². The highest BCUT2D eigenvalue weighted by molar-refractivity contribution is 5.44. The van der Waals surface area contributed by atoms with Crippen LogP contribution in [0.3, 0.4) is 0 Å². The molecule has 0 aliphatic carbocycles. The SMILES string of the molecule is CCOc1ccc(C(CN)Cc2ccccc2)cc1OCC. The van der Waals surface area contributed by atoms with Crippen LogP contribution in [-0.4, -0.2) is 19.8 Å². The zero-order valence-corrected chi connectivity index (χ0v) is 13.4. The van der Waals surface area contributed by atoms with E-state index in [4.69, 9.17) is 15.2 Å². The predicted octanol–water partition coefficient (Wildman–Crippen LogP) is 3.77. The lowest BCUT2D eigenvalue weighted by molar-refractivity contribution is 0.287. The van der Waals surface area contributed by atoms with Crippen molar-refractivity contribution in [1.82, 2.24) is 0 Å². The van der Waals surface area contributed by atoms with E-state index >= 15 is 0 Å². The van der Waals surface area contributed by atoms with Crippen molar-refractivity contribution in [2.75, 3.05) is 19.8 Å². The zero-order valence-electron chi connectivity index (χ0n) is 13.4. The molecule has 0 amide bonds. The van der Waals surface area contributed by atoms with Gasteiger partial charge in [0.2, 0.25) is 0 Å². The van der Waals surface area contributed by atoms with Gasteiger partial charge in [0.1, 0.15) is 0 Å². The lowest BCUT2D eigenvalue weighted by atomic mass is 9.92. The van der Waals surface area contributed by atoms with Crippen molar-refractivity contribution in [2.45, 2.75) is 26.2 Å². The molecule has 0 fully saturated rings. The normalized spacial score (nSPS) is 12.0. The number of ether oxygens (including phenoxy) is 2. The third-order valence-corrected chi connectivity index (χ3v) is 3.65. The largest absolute Gasteiger partial charge is 0.490 e. The number of hydrogen-bond acceptors (Lipinski definition) is 3. The topological polar surface area (TPSA) is 44.5 Å². The number of rotatable bonds is 8. The molecule has 0 aromatic heterocycles. The molecule has 0 saturated heterocycles. The Balaban J connectivity index is 2.23. The van der Waals surface area contributed by atoms with Crippen LogP contribution in [0.4, 0.5) is 0 Å². The quantitative estimate of drug-likeness (QED) is 0.807. The van der Waals surface area contributed by atoms with E-state index in [2.05, 4.69) is 36.4 Å². The lowest BCUT2D eigenvalue weighted by Crippen LogP contribution is -2.15. The Bertz CT molecular complexity index is 569. The first-order valence-corrected chi connectivity index (χ1v) is 7.92. The molecule has 3 heteroatoms. The van der Waals surface area contributed by atoms with Crippen molar-refractivity contribution in [3.63, 3.8) is 0 Å². The highest BCUT2D eigenvalue weighted by Gasteiger charge is 2.14. The van der Waals surface area contributed by atoms with Crippen LogP contribution in [0.15, 0.2) is 48.5 Å². The van der Waals surface area contributed by atoms with Crippen LogP contribution in [0.25, 0.3) is 0 Å². The molecule has 2 aromatic carbocycles. The molecule has 118 valence electrons. The molecular formula is C19H25NO2. The molecule has 1 atom stereocenters. The van der Waals surface area contributed by atoms with Gasteiger partial charge >= 0.3 is 0 Å². The maximum absolute atomic E-state index is 6.00. The smallest absolute Gasteiger partial charge is 0.161 e. The maximum atomic E-state index is 6.00. The molecule has 1 unspecified atom stereocenters. The molecule has 2 aromatic rings. The van der Waals surface area contributed by atoms with E-state index < -0.39 is 0 Å². The van der Waals surface area contributed by atoms with Crippen LogP contribution in [0.2, 0.25) is 0 Å². The van der Waals surface area contributed by atoms with E-state index in [1.807, 2.05) is 26.0 Å². The molecule has 2 N–H and O–H groups in total. The molecule has 0 spiro atoms. The van der Waals surface area contributed by atoms with E-state index in [9.17, 15) is 0 Å². The minimum Gasteiger partial charge on any atom is -0.490 e. The van der Waals surface area contributed by atoms with Gasteiger partial charge in [-0.3, -0.25) is 0 Å². The summed E-state index contributed by atoms with van der Waals surface area (Å²) in [5.41, 5.74) is 8.49. The first kappa shape index (κ1) is 16.4. The van der Waals surface area contributed by atoms with Crippen molar-refractivity contribution in [3.8, 4) is 11.5 Å². The summed E-state index contributed by atoms with van der Waals surface area (Å²) in [6.45, 7) is 5.81. The fourth-order valence-electron chi connectivity index (χ4n) is 2.56. The molecule has 2 rings (SSSR count). The van der Waals surface area contributed by atoms with Crippen LogP contribution in [0.1, 0.15) is 30.9 Å². The Morgan fingerprint density at radius 3 is 2.23 bits per heavy atom. The predicted molar refractivity (Wildman–Crippen MR) is 90.7 cm³/mol. The molecular weight excluding hydrogens is 274 g/mol.